The third-order valence-corrected chi connectivity index (χ3v) is 1.57. The monoisotopic (exact) mass is 226 g/mol. The molecule has 1 N–H and O–H groups in total. The van der Waals surface area contributed by atoms with Gasteiger partial charge in [-0.2, -0.15) is 8.78 Å². The Hall–Kier alpha value is -1.53. The molecule has 0 amide bonds. The average Bonchev–Trinajstić information content (AvgIpc) is 2.09. The summed E-state index contributed by atoms with van der Waals surface area (Å²) in [7, 11) is 0. The number of aliphatic carboxylic acids is 1. The van der Waals surface area contributed by atoms with Crippen LogP contribution in [0.2, 0.25) is 0 Å². The minimum Gasteiger partial charge on any atom is -0.479 e. The largest absolute Gasteiger partial charge is 0.479 e. The van der Waals surface area contributed by atoms with Gasteiger partial charge in [0.15, 0.2) is 24.4 Å². The lowest BCUT2D eigenvalue weighted by Crippen LogP contribution is -2.30. The number of carbonyl (C=O) groups is 1. The van der Waals surface area contributed by atoms with Gasteiger partial charge in [0.1, 0.15) is 0 Å². The topological polar surface area (TPSA) is 46.5 Å². The third kappa shape index (κ3) is 2.71. The lowest BCUT2D eigenvalue weighted by Gasteiger charge is -2.20. The zero-order chi connectivity index (χ0) is 11.6. The summed E-state index contributed by atoms with van der Waals surface area (Å²) in [6, 6.07) is 0. The zero-order valence-corrected chi connectivity index (χ0v) is 7.21. The molecule has 1 atom stereocenters. The molecule has 0 heterocycles. The molecule has 0 bridgehead atoms. The molecular formula is C8H6F4O3. The lowest BCUT2D eigenvalue weighted by atomic mass is 10.1. The van der Waals surface area contributed by atoms with Crippen LogP contribution >= 0.6 is 0 Å². The molecule has 0 radical (unpaired) electrons. The Balaban J connectivity index is 2.79. The number of hydrogen-bond donors (Lipinski definition) is 1. The molecule has 0 spiro atoms. The van der Waals surface area contributed by atoms with Gasteiger partial charge >= 0.3 is 11.9 Å². The molecule has 0 aromatic carbocycles. The van der Waals surface area contributed by atoms with Crippen molar-refractivity contribution in [3.05, 3.63) is 23.7 Å². The highest BCUT2D eigenvalue weighted by Gasteiger charge is 2.41. The van der Waals surface area contributed by atoms with Crippen LogP contribution < -0.4 is 0 Å². The molecule has 84 valence electrons. The Morgan fingerprint density at radius 2 is 2.20 bits per heavy atom. The predicted molar refractivity (Wildman–Crippen MR) is 40.7 cm³/mol. The molecule has 0 aromatic heterocycles. The van der Waals surface area contributed by atoms with E-state index in [0.29, 0.717) is 0 Å². The summed E-state index contributed by atoms with van der Waals surface area (Å²) in [6.07, 6.45) is -2.80. The van der Waals surface area contributed by atoms with Crippen LogP contribution in [-0.2, 0) is 9.53 Å². The maximum absolute atomic E-state index is 12.8. The van der Waals surface area contributed by atoms with Crippen molar-refractivity contribution in [2.24, 2.45) is 0 Å². The van der Waals surface area contributed by atoms with Gasteiger partial charge in [-0.05, 0) is 6.08 Å². The summed E-state index contributed by atoms with van der Waals surface area (Å²) in [4.78, 5) is 10.0. The van der Waals surface area contributed by atoms with Gasteiger partial charge in [0.25, 0.3) is 0 Å². The number of carboxylic acid groups (broad SMARTS) is 1. The van der Waals surface area contributed by atoms with E-state index in [9.17, 15) is 22.4 Å². The Morgan fingerprint density at radius 1 is 1.60 bits per heavy atom. The Labute approximate surface area is 81.6 Å². The van der Waals surface area contributed by atoms with E-state index in [1.54, 1.807) is 0 Å². The maximum Gasteiger partial charge on any atom is 0.341 e. The fourth-order valence-corrected chi connectivity index (χ4v) is 0.895. The standard InChI is InChI=1S/C8H6F4O3/c9-4-1-6(10)8(11,12)2-5(4)15-3-7(13)14/h1-2,6H,3H2,(H,13,14). The Kier molecular flexibility index (Phi) is 3.01. The van der Waals surface area contributed by atoms with E-state index in [1.807, 2.05) is 0 Å². The number of alkyl halides is 3. The molecule has 0 aromatic rings. The van der Waals surface area contributed by atoms with Crippen LogP contribution in [0.5, 0.6) is 0 Å². The van der Waals surface area contributed by atoms with Crippen molar-refractivity contribution in [1.82, 2.24) is 0 Å². The third-order valence-electron chi connectivity index (χ3n) is 1.57. The normalized spacial score (nSPS) is 24.1. The number of allylic oxidation sites excluding steroid dienone is 3. The average molecular weight is 226 g/mol. The molecule has 3 nitrogen and oxygen atoms in total. The van der Waals surface area contributed by atoms with Gasteiger partial charge in [0, 0.05) is 6.08 Å². The highest BCUT2D eigenvalue weighted by atomic mass is 19.3. The van der Waals surface area contributed by atoms with Gasteiger partial charge in [-0.15, -0.1) is 0 Å². The van der Waals surface area contributed by atoms with Crippen molar-refractivity contribution in [3.63, 3.8) is 0 Å². The Bertz CT molecular complexity index is 335. The molecule has 0 saturated carbocycles. The van der Waals surface area contributed by atoms with E-state index < -0.39 is 36.3 Å². The first-order chi connectivity index (χ1) is 6.83. The second kappa shape index (κ2) is 3.92. The van der Waals surface area contributed by atoms with Crippen LogP contribution in [0.25, 0.3) is 0 Å². The summed E-state index contributed by atoms with van der Waals surface area (Å²) in [5, 5.41) is 8.16. The van der Waals surface area contributed by atoms with E-state index in [-0.39, 0.29) is 12.2 Å². The van der Waals surface area contributed by atoms with Gasteiger partial charge in [-0.1, -0.05) is 0 Å². The van der Waals surface area contributed by atoms with Gasteiger partial charge in [-0.3, -0.25) is 0 Å². The smallest absolute Gasteiger partial charge is 0.341 e. The van der Waals surface area contributed by atoms with Crippen molar-refractivity contribution in [2.45, 2.75) is 12.1 Å². The fraction of sp³-hybridized carbons (Fsp3) is 0.375. The number of hydrogen-bond acceptors (Lipinski definition) is 2. The SMILES string of the molecule is O=C(O)COC1=CC(F)(F)C(F)C=C1F. The summed E-state index contributed by atoms with van der Waals surface area (Å²) in [5.41, 5.74) is 0. The first kappa shape index (κ1) is 11.5. The van der Waals surface area contributed by atoms with Crippen LogP contribution in [0, 0.1) is 0 Å². The number of carboxylic acids is 1. The molecule has 1 unspecified atom stereocenters. The minimum absolute atomic E-state index is 0.0389. The Morgan fingerprint density at radius 3 is 2.73 bits per heavy atom. The van der Waals surface area contributed by atoms with Crippen molar-refractivity contribution < 1.29 is 32.2 Å². The summed E-state index contributed by atoms with van der Waals surface area (Å²) < 4.78 is 54.8. The highest BCUT2D eigenvalue weighted by molar-refractivity contribution is 5.68. The van der Waals surface area contributed by atoms with Crippen molar-refractivity contribution in [1.29, 1.82) is 0 Å². The fourth-order valence-electron chi connectivity index (χ4n) is 0.895. The number of rotatable bonds is 3. The van der Waals surface area contributed by atoms with E-state index in [1.165, 1.54) is 0 Å². The van der Waals surface area contributed by atoms with Gasteiger partial charge < -0.3 is 9.84 Å². The van der Waals surface area contributed by atoms with Crippen LogP contribution in [0.3, 0.4) is 0 Å². The summed E-state index contributed by atoms with van der Waals surface area (Å²) in [6.45, 7) is -0.972. The van der Waals surface area contributed by atoms with Crippen molar-refractivity contribution >= 4 is 5.97 Å². The minimum atomic E-state index is -3.89. The second-order valence-corrected chi connectivity index (χ2v) is 2.78. The van der Waals surface area contributed by atoms with Crippen LogP contribution in [0.1, 0.15) is 0 Å². The molecule has 0 saturated heterocycles. The summed E-state index contributed by atoms with van der Waals surface area (Å²) >= 11 is 0. The van der Waals surface area contributed by atoms with Crippen LogP contribution in [0.15, 0.2) is 23.7 Å². The number of ether oxygens (including phenoxy) is 1. The first-order valence-corrected chi connectivity index (χ1v) is 3.80. The molecule has 15 heavy (non-hydrogen) atoms. The lowest BCUT2D eigenvalue weighted by molar-refractivity contribution is -0.140. The summed E-state index contributed by atoms with van der Waals surface area (Å²) in [5.74, 6) is -7.64. The van der Waals surface area contributed by atoms with Crippen molar-refractivity contribution in [3.8, 4) is 0 Å². The highest BCUT2D eigenvalue weighted by Crippen LogP contribution is 2.33. The van der Waals surface area contributed by atoms with Crippen molar-refractivity contribution in [2.75, 3.05) is 6.61 Å². The van der Waals surface area contributed by atoms with E-state index in [2.05, 4.69) is 4.74 Å². The van der Waals surface area contributed by atoms with Gasteiger partial charge in [0.2, 0.25) is 0 Å². The van der Waals surface area contributed by atoms with E-state index in [0.717, 1.165) is 0 Å². The maximum atomic E-state index is 12.8. The second-order valence-electron chi connectivity index (χ2n) is 2.78. The van der Waals surface area contributed by atoms with Gasteiger partial charge in [-0.25, -0.2) is 13.6 Å². The number of halogens is 4. The van der Waals surface area contributed by atoms with E-state index >= 15 is 0 Å². The molecule has 7 heteroatoms. The van der Waals surface area contributed by atoms with Gasteiger partial charge in [0.05, 0.1) is 0 Å². The molecule has 1 aliphatic carbocycles. The molecular weight excluding hydrogens is 220 g/mol. The van der Waals surface area contributed by atoms with Crippen LogP contribution in [-0.4, -0.2) is 29.8 Å². The molecule has 0 fully saturated rings. The zero-order valence-electron chi connectivity index (χ0n) is 7.21. The predicted octanol–water partition coefficient (Wildman–Crippen LogP) is 1.81. The molecule has 1 aliphatic rings. The first-order valence-electron chi connectivity index (χ1n) is 3.80. The molecule has 0 aliphatic heterocycles. The quantitative estimate of drug-likeness (QED) is 0.746. The van der Waals surface area contributed by atoms with Crippen LogP contribution in [0.4, 0.5) is 17.6 Å². The van der Waals surface area contributed by atoms with E-state index in [4.69, 9.17) is 5.11 Å². The molecule has 1 rings (SSSR count).